The van der Waals surface area contributed by atoms with E-state index in [1.807, 2.05) is 0 Å². The average Bonchev–Trinajstić information content (AvgIpc) is 2.79. The molecule has 0 radical (unpaired) electrons. The molecule has 112 valence electrons. The molecule has 0 atom stereocenters. The van der Waals surface area contributed by atoms with E-state index in [1.165, 1.54) is 20.4 Å². The van der Waals surface area contributed by atoms with Gasteiger partial charge in [0, 0.05) is 18.8 Å². The molecule has 0 bridgehead atoms. The minimum Gasteiger partial charge on any atom is -0.497 e. The SMILES string of the molecule is COc1cccc(NC(=O)Nc2cnn(C)c2C(F)F)c1. The van der Waals surface area contributed by atoms with Crippen LogP contribution < -0.4 is 15.4 Å². The number of hydrogen-bond donors (Lipinski definition) is 2. The molecule has 21 heavy (non-hydrogen) atoms. The molecule has 1 aromatic heterocycles. The molecule has 6 nitrogen and oxygen atoms in total. The molecule has 0 aliphatic heterocycles. The largest absolute Gasteiger partial charge is 0.497 e. The van der Waals surface area contributed by atoms with Gasteiger partial charge in [-0.25, -0.2) is 13.6 Å². The highest BCUT2D eigenvalue weighted by Crippen LogP contribution is 2.26. The molecule has 0 saturated carbocycles. The van der Waals surface area contributed by atoms with Crippen LogP contribution in [0.2, 0.25) is 0 Å². The highest BCUT2D eigenvalue weighted by atomic mass is 19.3. The highest BCUT2D eigenvalue weighted by molar-refractivity contribution is 6.00. The maximum absolute atomic E-state index is 12.8. The smallest absolute Gasteiger partial charge is 0.323 e. The number of carbonyl (C=O) groups is 1. The number of nitrogens with zero attached hydrogens (tertiary/aromatic N) is 2. The van der Waals surface area contributed by atoms with Crippen molar-refractivity contribution >= 4 is 17.4 Å². The number of methoxy groups -OCH3 is 1. The molecule has 0 saturated heterocycles. The zero-order valence-corrected chi connectivity index (χ0v) is 11.4. The van der Waals surface area contributed by atoms with Gasteiger partial charge in [0.05, 0.1) is 19.0 Å². The molecule has 1 heterocycles. The topological polar surface area (TPSA) is 68.2 Å². The van der Waals surface area contributed by atoms with Crippen molar-refractivity contribution in [2.45, 2.75) is 6.43 Å². The Balaban J connectivity index is 2.08. The number of carbonyl (C=O) groups excluding carboxylic acids is 1. The molecule has 0 spiro atoms. The first kappa shape index (κ1) is 14.8. The van der Waals surface area contributed by atoms with Crippen molar-refractivity contribution in [1.29, 1.82) is 0 Å². The van der Waals surface area contributed by atoms with Crippen LogP contribution in [0.25, 0.3) is 0 Å². The second-order valence-corrected chi connectivity index (χ2v) is 4.18. The van der Waals surface area contributed by atoms with Crippen molar-refractivity contribution in [3.05, 3.63) is 36.2 Å². The maximum atomic E-state index is 12.8. The molecule has 1 aromatic carbocycles. The summed E-state index contributed by atoms with van der Waals surface area (Å²) in [7, 11) is 2.89. The van der Waals surface area contributed by atoms with Crippen LogP contribution in [0.5, 0.6) is 5.75 Å². The number of alkyl halides is 2. The molecule has 0 aliphatic rings. The molecule has 2 amide bonds. The predicted octanol–water partition coefficient (Wildman–Crippen LogP) is 3.01. The van der Waals surface area contributed by atoms with Crippen LogP contribution in [0.3, 0.4) is 0 Å². The first-order chi connectivity index (χ1) is 10.0. The second kappa shape index (κ2) is 6.21. The van der Waals surface area contributed by atoms with Gasteiger partial charge in [0.1, 0.15) is 11.4 Å². The molecule has 0 unspecified atom stereocenters. The first-order valence-corrected chi connectivity index (χ1v) is 6.03. The Morgan fingerprint density at radius 1 is 1.38 bits per heavy atom. The number of benzene rings is 1. The Morgan fingerprint density at radius 2 is 2.14 bits per heavy atom. The van der Waals surface area contributed by atoms with Gasteiger partial charge >= 0.3 is 6.03 Å². The molecule has 0 aliphatic carbocycles. The van der Waals surface area contributed by atoms with Gasteiger partial charge < -0.3 is 15.4 Å². The quantitative estimate of drug-likeness (QED) is 0.911. The van der Waals surface area contributed by atoms with E-state index < -0.39 is 12.5 Å². The lowest BCUT2D eigenvalue weighted by Crippen LogP contribution is -2.20. The summed E-state index contributed by atoms with van der Waals surface area (Å²) in [6, 6.07) is 6.04. The van der Waals surface area contributed by atoms with E-state index in [4.69, 9.17) is 4.74 Å². The third-order valence-corrected chi connectivity index (χ3v) is 2.77. The third kappa shape index (κ3) is 3.47. The zero-order valence-electron chi connectivity index (χ0n) is 11.4. The fraction of sp³-hybridized carbons (Fsp3) is 0.231. The summed E-state index contributed by atoms with van der Waals surface area (Å²) in [4.78, 5) is 11.8. The fourth-order valence-corrected chi connectivity index (χ4v) is 1.79. The summed E-state index contributed by atoms with van der Waals surface area (Å²) in [5.74, 6) is 0.572. The first-order valence-electron chi connectivity index (χ1n) is 6.03. The van der Waals surface area contributed by atoms with Crippen LogP contribution >= 0.6 is 0 Å². The minimum atomic E-state index is -2.73. The maximum Gasteiger partial charge on any atom is 0.323 e. The molecule has 8 heteroatoms. The number of aromatic nitrogens is 2. The van der Waals surface area contributed by atoms with Crippen molar-refractivity contribution in [1.82, 2.24) is 9.78 Å². The Morgan fingerprint density at radius 3 is 2.81 bits per heavy atom. The van der Waals surface area contributed by atoms with Crippen molar-refractivity contribution in [3.8, 4) is 5.75 Å². The van der Waals surface area contributed by atoms with E-state index in [0.29, 0.717) is 11.4 Å². The van der Waals surface area contributed by atoms with E-state index in [0.717, 1.165) is 4.68 Å². The lowest BCUT2D eigenvalue weighted by molar-refractivity contribution is 0.141. The highest BCUT2D eigenvalue weighted by Gasteiger charge is 2.19. The van der Waals surface area contributed by atoms with Gasteiger partial charge in [-0.05, 0) is 12.1 Å². The third-order valence-electron chi connectivity index (χ3n) is 2.77. The van der Waals surface area contributed by atoms with Gasteiger partial charge in [-0.3, -0.25) is 4.68 Å². The molecule has 2 N–H and O–H groups in total. The Hall–Kier alpha value is -2.64. The van der Waals surface area contributed by atoms with Gasteiger partial charge in [0.25, 0.3) is 6.43 Å². The van der Waals surface area contributed by atoms with Gasteiger partial charge in [-0.1, -0.05) is 6.07 Å². The van der Waals surface area contributed by atoms with Crippen LogP contribution in [-0.2, 0) is 7.05 Å². The summed E-state index contributed by atoms with van der Waals surface area (Å²) in [6.07, 6.45) is -1.56. The summed E-state index contributed by atoms with van der Waals surface area (Å²) in [5, 5.41) is 8.57. The summed E-state index contributed by atoms with van der Waals surface area (Å²) < 4.78 is 31.7. The number of ether oxygens (including phenoxy) is 1. The van der Waals surface area contributed by atoms with E-state index >= 15 is 0 Å². The standard InChI is InChI=1S/C13H14F2N4O2/c1-19-11(12(14)15)10(7-16-19)18-13(20)17-8-4-3-5-9(6-8)21-2/h3-7,12H,1-2H3,(H2,17,18,20). The number of hydrogen-bond acceptors (Lipinski definition) is 3. The number of rotatable bonds is 4. The van der Waals surface area contributed by atoms with Crippen LogP contribution in [0.4, 0.5) is 25.0 Å². The number of anilines is 2. The number of aryl methyl sites for hydroxylation is 1. The summed E-state index contributed by atoms with van der Waals surface area (Å²) in [6.45, 7) is 0. The molecular formula is C13H14F2N4O2. The van der Waals surface area contributed by atoms with Crippen molar-refractivity contribution in [3.63, 3.8) is 0 Å². The monoisotopic (exact) mass is 296 g/mol. The van der Waals surface area contributed by atoms with Gasteiger partial charge in [-0.2, -0.15) is 5.10 Å². The minimum absolute atomic E-state index is 0.0344. The Labute approximate surface area is 119 Å². The van der Waals surface area contributed by atoms with E-state index in [9.17, 15) is 13.6 Å². The lowest BCUT2D eigenvalue weighted by Gasteiger charge is -2.09. The molecule has 2 aromatic rings. The van der Waals surface area contributed by atoms with Crippen molar-refractivity contribution in [2.75, 3.05) is 17.7 Å². The number of amides is 2. The van der Waals surface area contributed by atoms with Crippen LogP contribution in [0, 0.1) is 0 Å². The predicted molar refractivity (Wildman–Crippen MR) is 73.8 cm³/mol. The van der Waals surface area contributed by atoms with Crippen molar-refractivity contribution in [2.24, 2.45) is 7.05 Å². The van der Waals surface area contributed by atoms with Gasteiger partial charge in [-0.15, -0.1) is 0 Å². The molecular weight excluding hydrogens is 282 g/mol. The van der Waals surface area contributed by atoms with E-state index in [-0.39, 0.29) is 11.4 Å². The normalized spacial score (nSPS) is 10.5. The Kier molecular flexibility index (Phi) is 4.36. The van der Waals surface area contributed by atoms with Crippen LogP contribution in [0.1, 0.15) is 12.1 Å². The lowest BCUT2D eigenvalue weighted by atomic mass is 10.3. The van der Waals surface area contributed by atoms with Crippen LogP contribution in [-0.4, -0.2) is 22.9 Å². The van der Waals surface area contributed by atoms with Gasteiger partial charge in [0.2, 0.25) is 0 Å². The van der Waals surface area contributed by atoms with E-state index in [1.54, 1.807) is 24.3 Å². The van der Waals surface area contributed by atoms with E-state index in [2.05, 4.69) is 15.7 Å². The number of halogens is 2. The summed E-state index contributed by atoms with van der Waals surface area (Å²) in [5.41, 5.74) is 0.0954. The zero-order chi connectivity index (χ0) is 15.4. The Bertz CT molecular complexity index is 643. The molecule has 0 fully saturated rings. The van der Waals surface area contributed by atoms with Gasteiger partial charge in [0.15, 0.2) is 0 Å². The number of urea groups is 1. The van der Waals surface area contributed by atoms with Crippen LogP contribution in [0.15, 0.2) is 30.5 Å². The van der Waals surface area contributed by atoms with Crippen molar-refractivity contribution < 1.29 is 18.3 Å². The average molecular weight is 296 g/mol. The second-order valence-electron chi connectivity index (χ2n) is 4.18. The number of nitrogens with one attached hydrogen (secondary N) is 2. The molecule has 2 rings (SSSR count). The fourth-order valence-electron chi connectivity index (χ4n) is 1.79. The summed E-state index contributed by atoms with van der Waals surface area (Å²) >= 11 is 0.